The maximum absolute atomic E-state index is 12.8. The summed E-state index contributed by atoms with van der Waals surface area (Å²) in [6, 6.07) is 41.1. The molecule has 0 saturated carbocycles. The molecule has 0 aliphatic carbocycles. The van der Waals surface area contributed by atoms with Crippen molar-refractivity contribution in [1.82, 2.24) is 14.6 Å². The Morgan fingerprint density at radius 2 is 1.50 bits per heavy atom. The molecule has 0 atom stereocenters. The number of hydrogen-bond donors (Lipinski definition) is 1. The van der Waals surface area contributed by atoms with Crippen LogP contribution in [-0.4, -0.2) is 35.2 Å². The van der Waals surface area contributed by atoms with Gasteiger partial charge in [0.05, 0.1) is 7.11 Å². The van der Waals surface area contributed by atoms with Gasteiger partial charge in [-0.15, -0.1) is 11.8 Å². The topological polar surface area (TPSA) is 54.5 Å². The Morgan fingerprint density at radius 3 is 2.25 bits per heavy atom. The standard InChI is InChI=1S/C37H37N3O2S2/c1-42-34-10-7-8-31(26-34)28-40(24-25-43-35-11-3-2-4-12-35)27-30-16-21-36(22-17-30)44-39-37(41)32-18-13-29(14-19-32)15-20-33-9-5-6-23-38-33/h2-14,16-19,21-23,26H,15,20,24-25,27-28H2,1H3,(H,39,41). The fraction of sp³-hybridized carbons (Fsp3) is 0.189. The number of pyridine rings is 1. The molecule has 44 heavy (non-hydrogen) atoms. The summed E-state index contributed by atoms with van der Waals surface area (Å²) in [5.41, 5.74) is 5.37. The van der Waals surface area contributed by atoms with Gasteiger partial charge < -0.3 is 4.74 Å². The summed E-state index contributed by atoms with van der Waals surface area (Å²) in [4.78, 5) is 21.9. The molecule has 0 saturated heterocycles. The number of aryl methyl sites for hydroxylation is 2. The smallest absolute Gasteiger partial charge is 0.261 e. The summed E-state index contributed by atoms with van der Waals surface area (Å²) in [5.74, 6) is 1.77. The number of benzene rings is 4. The summed E-state index contributed by atoms with van der Waals surface area (Å²) in [7, 11) is 1.71. The second-order valence-electron chi connectivity index (χ2n) is 10.4. The van der Waals surface area contributed by atoms with Crippen LogP contribution in [0.4, 0.5) is 0 Å². The van der Waals surface area contributed by atoms with Crippen LogP contribution in [0, 0.1) is 0 Å². The van der Waals surface area contributed by atoms with Gasteiger partial charge in [0.1, 0.15) is 5.75 Å². The van der Waals surface area contributed by atoms with Gasteiger partial charge in [-0.25, -0.2) is 0 Å². The molecule has 1 amide bonds. The molecule has 0 radical (unpaired) electrons. The molecule has 0 bridgehead atoms. The number of carbonyl (C=O) groups is 1. The molecule has 0 aliphatic heterocycles. The lowest BCUT2D eigenvalue weighted by Crippen LogP contribution is -2.25. The first kappa shape index (κ1) is 31.4. The van der Waals surface area contributed by atoms with E-state index in [1.807, 2.05) is 72.6 Å². The molecule has 5 nitrogen and oxygen atoms in total. The molecule has 0 fully saturated rings. The Labute approximate surface area is 269 Å². The highest BCUT2D eigenvalue weighted by Gasteiger charge is 2.10. The van der Waals surface area contributed by atoms with E-state index in [2.05, 4.69) is 81.3 Å². The van der Waals surface area contributed by atoms with Crippen LogP contribution in [0.25, 0.3) is 0 Å². The number of nitrogens with zero attached hydrogens (tertiary/aromatic N) is 2. The minimum Gasteiger partial charge on any atom is -0.497 e. The highest BCUT2D eigenvalue weighted by atomic mass is 32.2. The van der Waals surface area contributed by atoms with Crippen molar-refractivity contribution in [2.24, 2.45) is 0 Å². The van der Waals surface area contributed by atoms with E-state index in [0.29, 0.717) is 5.56 Å². The lowest BCUT2D eigenvalue weighted by Gasteiger charge is -2.23. The highest BCUT2D eigenvalue weighted by molar-refractivity contribution is 7.99. The van der Waals surface area contributed by atoms with Gasteiger partial charge in [0.2, 0.25) is 0 Å². The van der Waals surface area contributed by atoms with E-state index < -0.39 is 0 Å². The Balaban J connectivity index is 1.13. The maximum Gasteiger partial charge on any atom is 0.261 e. The van der Waals surface area contributed by atoms with Crippen molar-refractivity contribution in [3.63, 3.8) is 0 Å². The van der Waals surface area contributed by atoms with Gasteiger partial charge in [0.15, 0.2) is 0 Å². The van der Waals surface area contributed by atoms with Gasteiger partial charge >= 0.3 is 0 Å². The van der Waals surface area contributed by atoms with Crippen LogP contribution in [0.2, 0.25) is 0 Å². The van der Waals surface area contributed by atoms with Crippen LogP contribution in [-0.2, 0) is 25.9 Å². The van der Waals surface area contributed by atoms with Gasteiger partial charge in [0.25, 0.3) is 5.91 Å². The zero-order chi connectivity index (χ0) is 30.4. The van der Waals surface area contributed by atoms with Crippen molar-refractivity contribution >= 4 is 29.6 Å². The maximum atomic E-state index is 12.8. The largest absolute Gasteiger partial charge is 0.497 e. The molecule has 1 N–H and O–H groups in total. The van der Waals surface area contributed by atoms with E-state index >= 15 is 0 Å². The average Bonchev–Trinajstić information content (AvgIpc) is 3.08. The van der Waals surface area contributed by atoms with E-state index in [0.717, 1.165) is 54.6 Å². The predicted molar refractivity (Wildman–Crippen MR) is 182 cm³/mol. The molecule has 0 unspecified atom stereocenters. The lowest BCUT2D eigenvalue weighted by molar-refractivity contribution is 0.0984. The quantitative estimate of drug-likeness (QED) is 0.0944. The summed E-state index contributed by atoms with van der Waals surface area (Å²) >= 11 is 3.22. The fourth-order valence-corrected chi connectivity index (χ4v) is 6.31. The monoisotopic (exact) mass is 619 g/mol. The summed E-state index contributed by atoms with van der Waals surface area (Å²) in [5, 5.41) is 0. The average molecular weight is 620 g/mol. The first-order chi connectivity index (χ1) is 21.6. The number of nitrogens with one attached hydrogen (secondary N) is 1. The number of methoxy groups -OCH3 is 1. The fourth-order valence-electron chi connectivity index (χ4n) is 4.78. The third-order valence-electron chi connectivity index (χ3n) is 7.16. The van der Waals surface area contributed by atoms with Crippen molar-refractivity contribution in [1.29, 1.82) is 0 Å². The lowest BCUT2D eigenvalue weighted by atomic mass is 10.1. The SMILES string of the molecule is COc1cccc(CN(CCSc2ccccc2)Cc2ccc(SNC(=O)c3ccc(CCc4ccccn4)cc3)cc2)c1. The van der Waals surface area contributed by atoms with Crippen molar-refractivity contribution < 1.29 is 9.53 Å². The van der Waals surface area contributed by atoms with E-state index in [9.17, 15) is 4.79 Å². The summed E-state index contributed by atoms with van der Waals surface area (Å²) < 4.78 is 8.43. The third kappa shape index (κ3) is 10.0. The molecular weight excluding hydrogens is 583 g/mol. The Hall–Kier alpha value is -4.04. The van der Waals surface area contributed by atoms with Gasteiger partial charge in [-0.1, -0.05) is 60.7 Å². The number of hydrogen-bond acceptors (Lipinski definition) is 6. The molecule has 1 aromatic heterocycles. The Kier molecular flexibility index (Phi) is 11.9. The van der Waals surface area contributed by atoms with Crippen molar-refractivity contribution in [2.75, 3.05) is 19.4 Å². The summed E-state index contributed by atoms with van der Waals surface area (Å²) in [6.45, 7) is 2.61. The Morgan fingerprint density at radius 1 is 0.750 bits per heavy atom. The second-order valence-corrected chi connectivity index (χ2v) is 12.5. The van der Waals surface area contributed by atoms with Gasteiger partial charge in [0, 0.05) is 52.6 Å². The zero-order valence-corrected chi connectivity index (χ0v) is 26.5. The van der Waals surface area contributed by atoms with Crippen LogP contribution in [0.1, 0.15) is 32.7 Å². The van der Waals surface area contributed by atoms with Crippen molar-refractivity contribution in [3.8, 4) is 5.75 Å². The second kappa shape index (κ2) is 16.7. The molecule has 1 heterocycles. The molecule has 5 rings (SSSR count). The Bertz CT molecular complexity index is 1580. The molecular formula is C37H37N3O2S2. The van der Waals surface area contributed by atoms with Crippen LogP contribution < -0.4 is 9.46 Å². The number of amides is 1. The highest BCUT2D eigenvalue weighted by Crippen LogP contribution is 2.22. The minimum absolute atomic E-state index is 0.101. The molecule has 5 aromatic rings. The summed E-state index contributed by atoms with van der Waals surface area (Å²) in [6.07, 6.45) is 3.59. The molecule has 7 heteroatoms. The van der Waals surface area contributed by atoms with Gasteiger partial charge in [-0.05, 0) is 102 Å². The number of thioether (sulfide) groups is 1. The van der Waals surface area contributed by atoms with Crippen LogP contribution in [0.15, 0.2) is 137 Å². The third-order valence-corrected chi connectivity index (χ3v) is 8.95. The van der Waals surface area contributed by atoms with E-state index in [1.54, 1.807) is 7.11 Å². The first-order valence-electron chi connectivity index (χ1n) is 14.7. The minimum atomic E-state index is -0.101. The van der Waals surface area contributed by atoms with E-state index in [-0.39, 0.29) is 5.91 Å². The number of carbonyl (C=O) groups excluding carboxylic acids is 1. The van der Waals surface area contributed by atoms with E-state index in [1.165, 1.54) is 33.5 Å². The molecule has 224 valence electrons. The molecule has 0 spiro atoms. The normalized spacial score (nSPS) is 11.0. The number of rotatable bonds is 15. The van der Waals surface area contributed by atoms with Crippen molar-refractivity contribution in [2.45, 2.75) is 35.7 Å². The van der Waals surface area contributed by atoms with Crippen molar-refractivity contribution in [3.05, 3.63) is 155 Å². The zero-order valence-electron chi connectivity index (χ0n) is 24.9. The van der Waals surface area contributed by atoms with E-state index in [4.69, 9.17) is 4.74 Å². The number of aromatic nitrogens is 1. The van der Waals surface area contributed by atoms with Crippen LogP contribution in [0.3, 0.4) is 0 Å². The van der Waals surface area contributed by atoms with Crippen LogP contribution >= 0.6 is 23.7 Å². The van der Waals surface area contributed by atoms with Gasteiger partial charge in [-0.3, -0.25) is 19.4 Å². The molecule has 4 aromatic carbocycles. The number of ether oxygens (including phenoxy) is 1. The molecule has 0 aliphatic rings. The van der Waals surface area contributed by atoms with Gasteiger partial charge in [-0.2, -0.15) is 0 Å². The first-order valence-corrected chi connectivity index (χ1v) is 16.5. The van der Waals surface area contributed by atoms with Crippen LogP contribution in [0.5, 0.6) is 5.75 Å². The predicted octanol–water partition coefficient (Wildman–Crippen LogP) is 8.11.